The molecule has 0 amide bonds. The van der Waals surface area contributed by atoms with Crippen molar-refractivity contribution in [2.75, 3.05) is 13.1 Å². The molecule has 0 aromatic heterocycles. The highest BCUT2D eigenvalue weighted by Crippen LogP contribution is 2.07. The maximum Gasteiger partial charge on any atom is 0.0212 e. The van der Waals surface area contributed by atoms with Gasteiger partial charge in [0.2, 0.25) is 0 Å². The maximum atomic E-state index is 3.47. The van der Waals surface area contributed by atoms with Crippen LogP contribution in [0.15, 0.2) is 0 Å². The van der Waals surface area contributed by atoms with Crippen LogP contribution in [0, 0.1) is 0 Å². The van der Waals surface area contributed by atoms with Gasteiger partial charge in [0.25, 0.3) is 0 Å². The summed E-state index contributed by atoms with van der Waals surface area (Å²) in [5.74, 6) is 0. The first-order valence-electron chi connectivity index (χ1n) is 4.84. The van der Waals surface area contributed by atoms with Gasteiger partial charge in [0.05, 0.1) is 0 Å². The maximum absolute atomic E-state index is 3.47. The van der Waals surface area contributed by atoms with Crippen molar-refractivity contribution < 1.29 is 0 Å². The van der Waals surface area contributed by atoms with Crippen LogP contribution in [0.4, 0.5) is 0 Å². The minimum atomic E-state index is 0.702. The molecule has 0 bridgehead atoms. The average molecular weight is 156 g/mol. The molecule has 0 saturated carbocycles. The van der Waals surface area contributed by atoms with Crippen LogP contribution in [0.5, 0.6) is 0 Å². The predicted octanol–water partition coefficient (Wildman–Crippen LogP) is 1.78. The molecule has 0 aromatic carbocycles. The molecule has 1 unspecified atom stereocenters. The molecule has 1 N–H and O–H groups in total. The van der Waals surface area contributed by atoms with Gasteiger partial charge in [-0.3, -0.25) is 5.43 Å². The Balaban J connectivity index is 2.30. The summed E-state index contributed by atoms with van der Waals surface area (Å²) in [6.07, 6.45) is 5.33. The lowest BCUT2D eigenvalue weighted by Crippen LogP contribution is -2.43. The van der Waals surface area contributed by atoms with Crippen LogP contribution in [-0.2, 0) is 0 Å². The Morgan fingerprint density at radius 1 is 1.36 bits per heavy atom. The Morgan fingerprint density at radius 2 is 2.18 bits per heavy atom. The van der Waals surface area contributed by atoms with Crippen molar-refractivity contribution in [1.82, 2.24) is 10.4 Å². The Kier molecular flexibility index (Phi) is 3.87. The van der Waals surface area contributed by atoms with Crippen molar-refractivity contribution in [3.05, 3.63) is 0 Å². The third kappa shape index (κ3) is 2.80. The first-order valence-corrected chi connectivity index (χ1v) is 4.84. The molecule has 0 aliphatic carbocycles. The van der Waals surface area contributed by atoms with Gasteiger partial charge in [-0.15, -0.1) is 0 Å². The number of hydrogen-bond acceptors (Lipinski definition) is 2. The van der Waals surface area contributed by atoms with Crippen LogP contribution in [0.2, 0.25) is 0 Å². The van der Waals surface area contributed by atoms with Gasteiger partial charge in [-0.05, 0) is 26.2 Å². The van der Waals surface area contributed by atoms with Crippen LogP contribution in [0.25, 0.3) is 0 Å². The monoisotopic (exact) mass is 156 g/mol. The van der Waals surface area contributed by atoms with Gasteiger partial charge in [0.1, 0.15) is 0 Å². The van der Waals surface area contributed by atoms with E-state index in [1.807, 2.05) is 0 Å². The molecule has 1 aliphatic heterocycles. The van der Waals surface area contributed by atoms with E-state index in [1.54, 1.807) is 0 Å². The summed E-state index contributed by atoms with van der Waals surface area (Å²) in [6, 6.07) is 0.702. The summed E-state index contributed by atoms with van der Waals surface area (Å²) >= 11 is 0. The molecule has 1 rings (SSSR count). The van der Waals surface area contributed by atoms with E-state index in [0.717, 1.165) is 0 Å². The van der Waals surface area contributed by atoms with E-state index in [4.69, 9.17) is 0 Å². The summed E-state index contributed by atoms with van der Waals surface area (Å²) < 4.78 is 0. The normalized spacial score (nSPS) is 24.5. The molecule has 1 aliphatic rings. The van der Waals surface area contributed by atoms with Gasteiger partial charge < -0.3 is 0 Å². The van der Waals surface area contributed by atoms with E-state index in [9.17, 15) is 0 Å². The molecule has 1 fully saturated rings. The summed E-state index contributed by atoms with van der Waals surface area (Å²) in [4.78, 5) is 0. The van der Waals surface area contributed by atoms with Crippen molar-refractivity contribution in [3.8, 4) is 0 Å². The molecule has 1 atom stereocenters. The Bertz CT molecular complexity index is 95.7. The SMILES string of the molecule is CCC(C)N1CCCCCN1. The van der Waals surface area contributed by atoms with E-state index >= 15 is 0 Å². The molecule has 0 radical (unpaired) electrons. The van der Waals surface area contributed by atoms with Crippen molar-refractivity contribution in [1.29, 1.82) is 0 Å². The summed E-state index contributed by atoms with van der Waals surface area (Å²) in [5, 5.41) is 2.40. The second-order valence-electron chi connectivity index (χ2n) is 3.42. The summed E-state index contributed by atoms with van der Waals surface area (Å²) in [6.45, 7) is 6.94. The highest BCUT2D eigenvalue weighted by Gasteiger charge is 2.12. The average Bonchev–Trinajstić information content (AvgIpc) is 2.30. The third-order valence-electron chi connectivity index (χ3n) is 2.51. The van der Waals surface area contributed by atoms with E-state index < -0.39 is 0 Å². The molecule has 66 valence electrons. The standard InChI is InChI=1S/C9H20N2/c1-3-9(2)11-8-6-4-5-7-10-11/h9-10H,3-8H2,1-2H3. The fraction of sp³-hybridized carbons (Fsp3) is 1.00. The van der Waals surface area contributed by atoms with Crippen LogP contribution >= 0.6 is 0 Å². The first-order chi connectivity index (χ1) is 5.34. The second-order valence-corrected chi connectivity index (χ2v) is 3.42. The molecule has 2 nitrogen and oxygen atoms in total. The van der Waals surface area contributed by atoms with Crippen molar-refractivity contribution in [3.63, 3.8) is 0 Å². The zero-order valence-electron chi connectivity index (χ0n) is 7.77. The zero-order chi connectivity index (χ0) is 8.10. The van der Waals surface area contributed by atoms with E-state index in [-0.39, 0.29) is 0 Å². The lowest BCUT2D eigenvalue weighted by Gasteiger charge is -2.26. The molecule has 2 heteroatoms. The van der Waals surface area contributed by atoms with E-state index in [2.05, 4.69) is 24.3 Å². The first kappa shape index (κ1) is 9.01. The molecule has 1 heterocycles. The topological polar surface area (TPSA) is 15.3 Å². The van der Waals surface area contributed by atoms with Crippen LogP contribution in [-0.4, -0.2) is 24.1 Å². The zero-order valence-corrected chi connectivity index (χ0v) is 7.77. The predicted molar refractivity (Wildman–Crippen MR) is 48.3 cm³/mol. The van der Waals surface area contributed by atoms with Gasteiger partial charge in [-0.25, -0.2) is 5.01 Å². The van der Waals surface area contributed by atoms with Crippen LogP contribution < -0.4 is 5.43 Å². The smallest absolute Gasteiger partial charge is 0.0212 e. The molecule has 1 saturated heterocycles. The molecular formula is C9H20N2. The number of nitrogens with one attached hydrogen (secondary N) is 1. The Hall–Kier alpha value is -0.0800. The Labute approximate surface area is 69.9 Å². The van der Waals surface area contributed by atoms with Gasteiger partial charge >= 0.3 is 0 Å². The lowest BCUT2D eigenvalue weighted by atomic mass is 10.2. The van der Waals surface area contributed by atoms with Crippen LogP contribution in [0.3, 0.4) is 0 Å². The summed E-state index contributed by atoms with van der Waals surface area (Å²) in [7, 11) is 0. The van der Waals surface area contributed by atoms with Crippen molar-refractivity contribution >= 4 is 0 Å². The number of hydrazine groups is 1. The lowest BCUT2D eigenvalue weighted by molar-refractivity contribution is 0.141. The van der Waals surface area contributed by atoms with Crippen molar-refractivity contribution in [2.24, 2.45) is 0 Å². The molecule has 0 aromatic rings. The van der Waals surface area contributed by atoms with Crippen molar-refractivity contribution in [2.45, 2.75) is 45.6 Å². The van der Waals surface area contributed by atoms with E-state index in [1.165, 1.54) is 38.8 Å². The third-order valence-corrected chi connectivity index (χ3v) is 2.51. The van der Waals surface area contributed by atoms with Gasteiger partial charge in [-0.1, -0.05) is 13.3 Å². The highest BCUT2D eigenvalue weighted by atomic mass is 15.5. The minimum absolute atomic E-state index is 0.702. The number of hydrogen-bond donors (Lipinski definition) is 1. The minimum Gasteiger partial charge on any atom is -0.255 e. The molecule has 11 heavy (non-hydrogen) atoms. The molecule has 0 spiro atoms. The quantitative estimate of drug-likeness (QED) is 0.655. The second kappa shape index (κ2) is 4.73. The highest BCUT2D eigenvalue weighted by molar-refractivity contribution is 4.64. The van der Waals surface area contributed by atoms with Gasteiger partial charge in [0.15, 0.2) is 0 Å². The largest absolute Gasteiger partial charge is 0.255 e. The Morgan fingerprint density at radius 3 is 2.91 bits per heavy atom. The van der Waals surface area contributed by atoms with Gasteiger partial charge in [-0.2, -0.15) is 0 Å². The number of rotatable bonds is 2. The number of nitrogens with zero attached hydrogens (tertiary/aromatic N) is 1. The van der Waals surface area contributed by atoms with Gasteiger partial charge in [0, 0.05) is 19.1 Å². The van der Waals surface area contributed by atoms with E-state index in [0.29, 0.717) is 6.04 Å². The van der Waals surface area contributed by atoms with Crippen LogP contribution in [0.1, 0.15) is 39.5 Å². The fourth-order valence-electron chi connectivity index (χ4n) is 1.48. The summed E-state index contributed by atoms with van der Waals surface area (Å²) in [5.41, 5.74) is 3.47. The molecular weight excluding hydrogens is 136 g/mol. The fourth-order valence-corrected chi connectivity index (χ4v) is 1.48.